The standard InChI is InChI=1S/C24H28F2N8O4S2/c1-14(2)22(36)33-6-4-32(5-7-33)18-9-16(40(37,38)31-24(13-27)11-15(24)3-8-35)10-19-17(18)12-28-34(19)23-30-29-21(39-23)20(25)26/h9-10,12,14-15,20,31,35H,3-8,11H2,1-2H3/t15-,24-/m0/s1. The van der Waals surface area contributed by atoms with E-state index in [9.17, 15) is 32.4 Å². The van der Waals surface area contributed by atoms with Crippen molar-refractivity contribution in [1.29, 1.82) is 5.26 Å². The third-order valence-corrected chi connectivity index (χ3v) is 9.67. The highest BCUT2D eigenvalue weighted by Gasteiger charge is 2.57. The van der Waals surface area contributed by atoms with Crippen molar-refractivity contribution < 1.29 is 27.1 Å². The minimum atomic E-state index is -4.23. The highest BCUT2D eigenvalue weighted by Crippen LogP contribution is 2.46. The quantitative estimate of drug-likeness (QED) is 0.378. The molecule has 3 aromatic rings. The van der Waals surface area contributed by atoms with Crippen molar-refractivity contribution in [1.82, 2.24) is 29.6 Å². The van der Waals surface area contributed by atoms with E-state index in [0.29, 0.717) is 54.1 Å². The van der Waals surface area contributed by atoms with Gasteiger partial charge >= 0.3 is 0 Å². The van der Waals surface area contributed by atoms with Crippen LogP contribution < -0.4 is 9.62 Å². The number of amides is 1. The van der Waals surface area contributed by atoms with E-state index >= 15 is 0 Å². The van der Waals surface area contributed by atoms with Crippen LogP contribution in [0.4, 0.5) is 14.5 Å². The van der Waals surface area contributed by atoms with Gasteiger partial charge in [0.2, 0.25) is 21.1 Å². The molecule has 1 aliphatic heterocycles. The fourth-order valence-corrected chi connectivity index (χ4v) is 7.10. The number of nitrogens with zero attached hydrogens (tertiary/aromatic N) is 7. The molecule has 12 nitrogen and oxygen atoms in total. The number of hydrogen-bond donors (Lipinski definition) is 2. The molecule has 5 rings (SSSR count). The van der Waals surface area contributed by atoms with E-state index in [1.54, 1.807) is 4.90 Å². The zero-order chi connectivity index (χ0) is 28.8. The number of aliphatic hydroxyl groups excluding tert-OH is 1. The van der Waals surface area contributed by atoms with E-state index in [-0.39, 0.29) is 47.2 Å². The summed E-state index contributed by atoms with van der Waals surface area (Å²) < 4.78 is 57.4. The number of aliphatic hydroxyl groups is 1. The number of nitrogens with one attached hydrogen (secondary N) is 1. The highest BCUT2D eigenvalue weighted by atomic mass is 32.2. The van der Waals surface area contributed by atoms with Gasteiger partial charge in [-0.05, 0) is 30.9 Å². The number of alkyl halides is 2. The van der Waals surface area contributed by atoms with E-state index in [1.807, 2.05) is 24.8 Å². The number of fused-ring (bicyclic) bond motifs is 1. The van der Waals surface area contributed by atoms with Gasteiger partial charge in [0.25, 0.3) is 6.43 Å². The van der Waals surface area contributed by atoms with Gasteiger partial charge in [0.1, 0.15) is 5.54 Å². The summed E-state index contributed by atoms with van der Waals surface area (Å²) in [5.41, 5.74) is -0.470. The number of piperazine rings is 1. The zero-order valence-electron chi connectivity index (χ0n) is 21.8. The summed E-state index contributed by atoms with van der Waals surface area (Å²) in [7, 11) is -4.23. The van der Waals surface area contributed by atoms with E-state index < -0.39 is 27.0 Å². The molecule has 0 bridgehead atoms. The number of anilines is 1. The van der Waals surface area contributed by atoms with E-state index in [0.717, 1.165) is 0 Å². The number of carbonyl (C=O) groups excluding carboxylic acids is 1. The second kappa shape index (κ2) is 10.6. The molecule has 1 saturated carbocycles. The second-order valence-corrected chi connectivity index (χ2v) is 12.9. The van der Waals surface area contributed by atoms with Crippen LogP contribution in [0, 0.1) is 23.2 Å². The van der Waals surface area contributed by atoms with Gasteiger partial charge in [0.15, 0.2) is 5.01 Å². The number of hydrogen-bond acceptors (Lipinski definition) is 10. The first-order chi connectivity index (χ1) is 19.0. The number of rotatable bonds is 9. The molecule has 2 aromatic heterocycles. The molecule has 16 heteroatoms. The van der Waals surface area contributed by atoms with Gasteiger partial charge in [-0.1, -0.05) is 25.2 Å². The van der Waals surface area contributed by atoms with E-state index in [1.165, 1.54) is 23.0 Å². The Morgan fingerprint density at radius 2 is 2.00 bits per heavy atom. The first-order valence-electron chi connectivity index (χ1n) is 12.7. The monoisotopic (exact) mass is 594 g/mol. The van der Waals surface area contributed by atoms with E-state index in [4.69, 9.17) is 0 Å². The molecule has 1 aromatic carbocycles. The van der Waals surface area contributed by atoms with Crippen molar-refractivity contribution in [2.45, 2.75) is 43.5 Å². The third kappa shape index (κ3) is 5.14. The number of aromatic nitrogens is 4. The van der Waals surface area contributed by atoms with Crippen molar-refractivity contribution in [3.05, 3.63) is 23.3 Å². The molecule has 1 aliphatic carbocycles. The van der Waals surface area contributed by atoms with Crippen LogP contribution in [0.1, 0.15) is 38.1 Å². The van der Waals surface area contributed by atoms with Crippen LogP contribution in [0.2, 0.25) is 0 Å². The zero-order valence-corrected chi connectivity index (χ0v) is 23.4. The fourth-order valence-electron chi connectivity index (χ4n) is 5.00. The first kappa shape index (κ1) is 28.3. The molecule has 1 saturated heterocycles. The van der Waals surface area contributed by atoms with Crippen molar-refractivity contribution in [3.63, 3.8) is 0 Å². The van der Waals surface area contributed by atoms with Crippen LogP contribution in [0.15, 0.2) is 23.2 Å². The number of benzene rings is 1. The largest absolute Gasteiger partial charge is 0.396 e. The summed E-state index contributed by atoms with van der Waals surface area (Å²) in [4.78, 5) is 16.1. The summed E-state index contributed by atoms with van der Waals surface area (Å²) in [5, 5.41) is 30.8. The SMILES string of the molecule is CC(C)C(=O)N1CCN(c2cc(S(=O)(=O)N[C@]3(C#N)C[C@@H]3CCO)cc3c2cnn3-c2nnc(C(F)F)s2)CC1. The lowest BCUT2D eigenvalue weighted by Gasteiger charge is -2.37. The molecule has 0 spiro atoms. The molecule has 1 amide bonds. The fraction of sp³-hybridized carbons (Fsp3) is 0.542. The summed E-state index contributed by atoms with van der Waals surface area (Å²) in [6, 6.07) is 4.91. The number of halogens is 2. The maximum atomic E-state index is 13.6. The van der Waals surface area contributed by atoms with Gasteiger partial charge in [0.05, 0.1) is 22.7 Å². The summed E-state index contributed by atoms with van der Waals surface area (Å²) >= 11 is 0.643. The molecule has 2 fully saturated rings. The summed E-state index contributed by atoms with van der Waals surface area (Å²) in [6.07, 6.45) is -0.737. The van der Waals surface area contributed by atoms with Gasteiger partial charge < -0.3 is 14.9 Å². The smallest absolute Gasteiger partial charge is 0.291 e. The van der Waals surface area contributed by atoms with Gasteiger partial charge in [-0.2, -0.15) is 15.1 Å². The lowest BCUT2D eigenvalue weighted by molar-refractivity contribution is -0.134. The Labute approximate surface area is 233 Å². The minimum Gasteiger partial charge on any atom is -0.396 e. The maximum absolute atomic E-state index is 13.6. The molecular weight excluding hydrogens is 566 g/mol. The first-order valence-corrected chi connectivity index (χ1v) is 15.0. The van der Waals surface area contributed by atoms with Gasteiger partial charge in [-0.3, -0.25) is 4.79 Å². The van der Waals surface area contributed by atoms with Crippen molar-refractivity contribution in [3.8, 4) is 11.2 Å². The normalized spacial score (nSPS) is 21.4. The molecule has 3 heterocycles. The van der Waals surface area contributed by atoms with Gasteiger partial charge in [-0.15, -0.1) is 10.2 Å². The Balaban J connectivity index is 1.56. The van der Waals surface area contributed by atoms with Crippen LogP contribution in [0.3, 0.4) is 0 Å². The van der Waals surface area contributed by atoms with Crippen LogP contribution in [0.5, 0.6) is 0 Å². The molecule has 214 valence electrons. The third-order valence-electron chi connectivity index (χ3n) is 7.27. The average molecular weight is 595 g/mol. The predicted octanol–water partition coefficient (Wildman–Crippen LogP) is 2.06. The van der Waals surface area contributed by atoms with Crippen LogP contribution in [-0.4, -0.2) is 82.6 Å². The number of carbonyl (C=O) groups is 1. The second-order valence-electron chi connectivity index (χ2n) is 10.2. The Morgan fingerprint density at radius 3 is 2.60 bits per heavy atom. The molecule has 2 aliphatic rings. The molecule has 0 radical (unpaired) electrons. The molecule has 2 atom stereocenters. The van der Waals surface area contributed by atoms with Crippen molar-refractivity contribution in [2.75, 3.05) is 37.7 Å². The Hall–Kier alpha value is -3.26. The topological polar surface area (TPSA) is 157 Å². The van der Waals surface area contributed by atoms with Gasteiger partial charge in [-0.25, -0.2) is 21.9 Å². The average Bonchev–Trinajstić information content (AvgIpc) is 3.26. The van der Waals surface area contributed by atoms with Crippen LogP contribution in [0.25, 0.3) is 16.0 Å². The highest BCUT2D eigenvalue weighted by molar-refractivity contribution is 7.89. The van der Waals surface area contributed by atoms with Crippen molar-refractivity contribution in [2.24, 2.45) is 11.8 Å². The van der Waals surface area contributed by atoms with E-state index in [2.05, 4.69) is 20.0 Å². The molecular formula is C24H28F2N8O4S2. The summed E-state index contributed by atoms with van der Waals surface area (Å²) in [6.45, 7) is 5.25. The lowest BCUT2D eigenvalue weighted by Crippen LogP contribution is -2.50. The molecule has 40 heavy (non-hydrogen) atoms. The Morgan fingerprint density at radius 1 is 1.27 bits per heavy atom. The molecule has 2 N–H and O–H groups in total. The van der Waals surface area contributed by atoms with Gasteiger partial charge in [0, 0.05) is 49.8 Å². The van der Waals surface area contributed by atoms with Crippen LogP contribution >= 0.6 is 11.3 Å². The minimum absolute atomic E-state index is 0.0351. The van der Waals surface area contributed by atoms with Crippen LogP contribution in [-0.2, 0) is 14.8 Å². The Kier molecular flexibility index (Phi) is 7.50. The molecule has 0 unspecified atom stereocenters. The lowest BCUT2D eigenvalue weighted by atomic mass is 10.1. The maximum Gasteiger partial charge on any atom is 0.291 e. The predicted molar refractivity (Wildman–Crippen MR) is 142 cm³/mol. The van der Waals surface area contributed by atoms with Crippen molar-refractivity contribution >= 4 is 43.9 Å². The summed E-state index contributed by atoms with van der Waals surface area (Å²) in [5.74, 6) is -0.426. The number of nitriles is 1. The Bertz CT molecular complexity index is 1580. The number of sulfonamides is 1.